The highest BCUT2D eigenvalue weighted by atomic mass is 79.9. The molecule has 2 aromatic carbocycles. The van der Waals surface area contributed by atoms with Crippen LogP contribution in [0.5, 0.6) is 5.75 Å². The van der Waals surface area contributed by atoms with Gasteiger partial charge in [0.15, 0.2) is 6.54 Å². The quantitative estimate of drug-likeness (QED) is 0.797. The molecule has 0 aliphatic rings. The second-order valence-corrected chi connectivity index (χ2v) is 6.22. The molecule has 6 heteroatoms. The van der Waals surface area contributed by atoms with Gasteiger partial charge in [0.25, 0.3) is 5.91 Å². The number of hydrogen-bond acceptors (Lipinski definition) is 3. The molecule has 0 aliphatic heterocycles. The normalized spacial score (nSPS) is 11.4. The lowest BCUT2D eigenvalue weighted by Gasteiger charge is -2.13. The van der Waals surface area contributed by atoms with Crippen LogP contribution in [0.2, 0.25) is 0 Å². The summed E-state index contributed by atoms with van der Waals surface area (Å²) in [6.07, 6.45) is 0. The molecule has 1 amide bonds. The second-order valence-electron chi connectivity index (χ2n) is 5.36. The fourth-order valence-electron chi connectivity index (χ4n) is 2.26. The molecule has 0 spiro atoms. The van der Waals surface area contributed by atoms with E-state index in [1.165, 1.54) is 0 Å². The molecule has 3 N–H and O–H groups in total. The number of methoxy groups -OCH3 is 1. The zero-order valence-corrected chi connectivity index (χ0v) is 15.1. The maximum atomic E-state index is 12.1. The van der Waals surface area contributed by atoms with Crippen molar-refractivity contribution in [2.24, 2.45) is 0 Å². The van der Waals surface area contributed by atoms with E-state index < -0.39 is 0 Å². The average molecular weight is 389 g/mol. The summed E-state index contributed by atoms with van der Waals surface area (Å²) in [5.41, 5.74) is 2.25. The lowest BCUT2D eigenvalue weighted by molar-refractivity contribution is -0.682. The number of quaternary nitrogens is 1. The molecule has 0 aliphatic carbocycles. The third-order valence-corrected chi connectivity index (χ3v) is 4.25. The molecule has 0 radical (unpaired) electrons. The van der Waals surface area contributed by atoms with E-state index in [1.54, 1.807) is 31.4 Å². The third kappa shape index (κ3) is 4.82. The highest BCUT2D eigenvalue weighted by Gasteiger charge is 2.13. The van der Waals surface area contributed by atoms with Gasteiger partial charge < -0.3 is 15.4 Å². The lowest BCUT2D eigenvalue weighted by Crippen LogP contribution is -2.86. The molecular formula is C18H19BrN3O2+. The number of halogens is 1. The molecule has 0 saturated carbocycles. The van der Waals surface area contributed by atoms with Crippen LogP contribution < -0.4 is 15.4 Å². The minimum Gasteiger partial charge on any atom is -0.496 e. The van der Waals surface area contributed by atoms with Crippen LogP contribution in [0.3, 0.4) is 0 Å². The van der Waals surface area contributed by atoms with Crippen molar-refractivity contribution in [3.05, 3.63) is 58.1 Å². The minimum absolute atomic E-state index is 0.107. The fraction of sp³-hybridized carbons (Fsp3) is 0.222. The molecule has 0 fully saturated rings. The SMILES string of the molecule is COc1ccc([C@H](C)[NH2+]CC(=O)Nc2cccc(C#N)c2)cc1Br. The molecule has 5 nitrogen and oxygen atoms in total. The minimum atomic E-state index is -0.107. The molecule has 24 heavy (non-hydrogen) atoms. The predicted octanol–water partition coefficient (Wildman–Crippen LogP) is 2.59. The summed E-state index contributed by atoms with van der Waals surface area (Å²) in [5, 5.41) is 13.6. The molecule has 1 atom stereocenters. The Kier molecular flexibility index (Phi) is 6.36. The van der Waals surface area contributed by atoms with Gasteiger partial charge in [-0.15, -0.1) is 0 Å². The number of ether oxygens (including phenoxy) is 1. The molecule has 2 rings (SSSR count). The lowest BCUT2D eigenvalue weighted by atomic mass is 10.1. The maximum absolute atomic E-state index is 12.1. The van der Waals surface area contributed by atoms with Crippen LogP contribution in [0.15, 0.2) is 46.9 Å². The van der Waals surface area contributed by atoms with Crippen molar-refractivity contribution in [3.8, 4) is 11.8 Å². The zero-order valence-electron chi connectivity index (χ0n) is 13.5. The Balaban J connectivity index is 1.91. The number of nitrogens with zero attached hydrogens (tertiary/aromatic N) is 1. The highest BCUT2D eigenvalue weighted by molar-refractivity contribution is 9.10. The van der Waals surface area contributed by atoms with Gasteiger partial charge in [-0.25, -0.2) is 0 Å². The predicted molar refractivity (Wildman–Crippen MR) is 95.7 cm³/mol. The zero-order chi connectivity index (χ0) is 17.5. The van der Waals surface area contributed by atoms with E-state index in [0.717, 1.165) is 15.8 Å². The summed E-state index contributed by atoms with van der Waals surface area (Å²) in [5.74, 6) is 0.672. The summed E-state index contributed by atoms with van der Waals surface area (Å²) >= 11 is 3.47. The van der Waals surface area contributed by atoms with Crippen LogP contribution in [0.1, 0.15) is 24.1 Å². The maximum Gasteiger partial charge on any atom is 0.279 e. The van der Waals surface area contributed by atoms with E-state index in [-0.39, 0.29) is 11.9 Å². The fourth-order valence-corrected chi connectivity index (χ4v) is 2.82. The summed E-state index contributed by atoms with van der Waals surface area (Å²) in [6, 6.07) is 14.9. The van der Waals surface area contributed by atoms with Gasteiger partial charge in [-0.3, -0.25) is 4.79 Å². The van der Waals surface area contributed by atoms with E-state index in [9.17, 15) is 4.79 Å². The summed E-state index contributed by atoms with van der Waals surface area (Å²) in [7, 11) is 1.63. The Morgan fingerprint density at radius 3 is 2.83 bits per heavy atom. The first-order valence-electron chi connectivity index (χ1n) is 7.50. The first kappa shape index (κ1) is 18.0. The number of nitrogens with two attached hydrogens (primary N) is 1. The van der Waals surface area contributed by atoms with Gasteiger partial charge in [0, 0.05) is 11.3 Å². The standard InChI is InChI=1S/C18H18BrN3O2/c1-12(14-6-7-17(24-2)16(19)9-14)21-11-18(23)22-15-5-3-4-13(8-15)10-20/h3-9,12,21H,11H2,1-2H3,(H,22,23)/p+1/t12-/m0/s1. The first-order valence-corrected chi connectivity index (χ1v) is 8.29. The molecule has 0 aromatic heterocycles. The van der Waals surface area contributed by atoms with Crippen molar-refractivity contribution in [2.45, 2.75) is 13.0 Å². The first-order chi connectivity index (χ1) is 11.5. The molecule has 0 heterocycles. The second kappa shape index (κ2) is 8.48. The molecule has 0 bridgehead atoms. The number of rotatable bonds is 6. The van der Waals surface area contributed by atoms with Crippen molar-refractivity contribution in [1.82, 2.24) is 0 Å². The van der Waals surface area contributed by atoms with Crippen LogP contribution in [-0.4, -0.2) is 19.6 Å². The van der Waals surface area contributed by atoms with Crippen molar-refractivity contribution >= 4 is 27.5 Å². The van der Waals surface area contributed by atoms with Gasteiger partial charge >= 0.3 is 0 Å². The molecule has 0 saturated heterocycles. The monoisotopic (exact) mass is 388 g/mol. The van der Waals surface area contributed by atoms with Gasteiger partial charge in [0.1, 0.15) is 11.8 Å². The van der Waals surface area contributed by atoms with Gasteiger partial charge in [0.05, 0.1) is 23.2 Å². The Labute approximate surface area is 149 Å². The van der Waals surface area contributed by atoms with Crippen molar-refractivity contribution in [1.29, 1.82) is 5.26 Å². The van der Waals surface area contributed by atoms with Crippen molar-refractivity contribution in [2.75, 3.05) is 19.0 Å². The van der Waals surface area contributed by atoms with Crippen LogP contribution >= 0.6 is 15.9 Å². The summed E-state index contributed by atoms with van der Waals surface area (Å²) < 4.78 is 6.11. The number of carbonyl (C=O) groups excluding carboxylic acids is 1. The molecule has 2 aromatic rings. The van der Waals surface area contributed by atoms with Crippen molar-refractivity contribution in [3.63, 3.8) is 0 Å². The van der Waals surface area contributed by atoms with E-state index in [4.69, 9.17) is 10.00 Å². The van der Waals surface area contributed by atoms with E-state index in [1.807, 2.05) is 30.4 Å². The molecule has 0 unspecified atom stereocenters. The van der Waals surface area contributed by atoms with Crippen molar-refractivity contribution < 1.29 is 14.8 Å². The van der Waals surface area contributed by atoms with Gasteiger partial charge in [-0.05, 0) is 59.3 Å². The number of amides is 1. The van der Waals surface area contributed by atoms with Crippen LogP contribution in [0.25, 0.3) is 0 Å². The Morgan fingerprint density at radius 2 is 2.17 bits per heavy atom. The smallest absolute Gasteiger partial charge is 0.279 e. The van der Waals surface area contributed by atoms with Crippen LogP contribution in [0.4, 0.5) is 5.69 Å². The largest absolute Gasteiger partial charge is 0.496 e. The molecular weight excluding hydrogens is 370 g/mol. The highest BCUT2D eigenvalue weighted by Crippen LogP contribution is 2.27. The van der Waals surface area contributed by atoms with E-state index in [2.05, 4.69) is 27.3 Å². The van der Waals surface area contributed by atoms with Crippen LogP contribution in [0, 0.1) is 11.3 Å². The topological polar surface area (TPSA) is 78.7 Å². The van der Waals surface area contributed by atoms with Gasteiger partial charge in [0.2, 0.25) is 0 Å². The summed E-state index contributed by atoms with van der Waals surface area (Å²) in [4.78, 5) is 12.1. The van der Waals surface area contributed by atoms with E-state index >= 15 is 0 Å². The third-order valence-electron chi connectivity index (χ3n) is 3.63. The number of anilines is 1. The number of carbonyl (C=O) groups is 1. The molecule has 124 valence electrons. The van der Waals surface area contributed by atoms with Gasteiger partial charge in [-0.2, -0.15) is 5.26 Å². The number of nitriles is 1. The Hall–Kier alpha value is -2.36. The average Bonchev–Trinajstić information content (AvgIpc) is 2.59. The Morgan fingerprint density at radius 1 is 1.38 bits per heavy atom. The summed E-state index contributed by atoms with van der Waals surface area (Å²) in [6.45, 7) is 2.33. The number of hydrogen-bond donors (Lipinski definition) is 2. The van der Waals surface area contributed by atoms with Crippen LogP contribution in [-0.2, 0) is 4.79 Å². The van der Waals surface area contributed by atoms with Gasteiger partial charge in [-0.1, -0.05) is 6.07 Å². The number of nitrogens with one attached hydrogen (secondary N) is 1. The Bertz CT molecular complexity index is 771. The van der Waals surface area contributed by atoms with E-state index in [0.29, 0.717) is 17.8 Å². The number of benzene rings is 2.